The number of nitrogens with one attached hydrogen (secondary N) is 1. The third kappa shape index (κ3) is 2.32. The summed E-state index contributed by atoms with van der Waals surface area (Å²) in [5.74, 6) is 0.560. The van der Waals surface area contributed by atoms with Crippen LogP contribution >= 0.6 is 0 Å². The monoisotopic (exact) mass is 192 g/mol. The highest BCUT2D eigenvalue weighted by atomic mass is 15.0. The standard InChI is InChI=1S/C12H20N2/c1-9(2)10-6-7-14-11(8-10)12(3,4)13-5/h6-9,13H,1-5H3. The summed E-state index contributed by atoms with van der Waals surface area (Å²) in [4.78, 5) is 4.40. The zero-order valence-corrected chi connectivity index (χ0v) is 9.76. The molecule has 0 spiro atoms. The van der Waals surface area contributed by atoms with Gasteiger partial charge in [-0.15, -0.1) is 0 Å². The number of nitrogens with zero attached hydrogens (tertiary/aromatic N) is 1. The van der Waals surface area contributed by atoms with Crippen molar-refractivity contribution in [3.8, 4) is 0 Å². The number of aromatic nitrogens is 1. The minimum absolute atomic E-state index is 0.0507. The van der Waals surface area contributed by atoms with Gasteiger partial charge in [0.15, 0.2) is 0 Å². The van der Waals surface area contributed by atoms with Crippen molar-refractivity contribution in [1.82, 2.24) is 10.3 Å². The second-order valence-electron chi connectivity index (χ2n) is 4.50. The van der Waals surface area contributed by atoms with E-state index < -0.39 is 0 Å². The molecule has 0 aliphatic heterocycles. The van der Waals surface area contributed by atoms with Gasteiger partial charge in [0.2, 0.25) is 0 Å². The van der Waals surface area contributed by atoms with Crippen molar-refractivity contribution in [2.75, 3.05) is 7.05 Å². The van der Waals surface area contributed by atoms with E-state index in [2.05, 4.69) is 50.1 Å². The van der Waals surface area contributed by atoms with Gasteiger partial charge < -0.3 is 5.32 Å². The molecule has 0 fully saturated rings. The maximum absolute atomic E-state index is 4.40. The van der Waals surface area contributed by atoms with E-state index in [-0.39, 0.29) is 5.54 Å². The normalized spacial score (nSPS) is 12.1. The molecular weight excluding hydrogens is 172 g/mol. The van der Waals surface area contributed by atoms with E-state index in [9.17, 15) is 0 Å². The lowest BCUT2D eigenvalue weighted by atomic mass is 9.96. The van der Waals surface area contributed by atoms with E-state index in [1.54, 1.807) is 0 Å². The van der Waals surface area contributed by atoms with Gasteiger partial charge in [0, 0.05) is 6.20 Å². The lowest BCUT2D eigenvalue weighted by Crippen LogP contribution is -2.34. The van der Waals surface area contributed by atoms with Crippen LogP contribution in [-0.4, -0.2) is 12.0 Å². The first-order chi connectivity index (χ1) is 6.47. The van der Waals surface area contributed by atoms with Gasteiger partial charge in [-0.2, -0.15) is 0 Å². The summed E-state index contributed by atoms with van der Waals surface area (Å²) < 4.78 is 0. The Labute approximate surface area is 86.8 Å². The summed E-state index contributed by atoms with van der Waals surface area (Å²) in [6, 6.07) is 4.26. The summed E-state index contributed by atoms with van der Waals surface area (Å²) in [5, 5.41) is 3.26. The van der Waals surface area contributed by atoms with Crippen LogP contribution in [0, 0.1) is 0 Å². The van der Waals surface area contributed by atoms with E-state index in [0.29, 0.717) is 5.92 Å². The predicted octanol–water partition coefficient (Wildman–Crippen LogP) is 2.66. The molecule has 0 unspecified atom stereocenters. The Morgan fingerprint density at radius 1 is 1.36 bits per heavy atom. The number of hydrogen-bond donors (Lipinski definition) is 1. The fourth-order valence-corrected chi connectivity index (χ4v) is 1.28. The van der Waals surface area contributed by atoms with E-state index in [0.717, 1.165) is 5.69 Å². The summed E-state index contributed by atoms with van der Waals surface area (Å²) >= 11 is 0. The predicted molar refractivity (Wildman–Crippen MR) is 60.4 cm³/mol. The quantitative estimate of drug-likeness (QED) is 0.796. The zero-order valence-electron chi connectivity index (χ0n) is 9.76. The minimum atomic E-state index is -0.0507. The molecule has 0 bridgehead atoms. The number of hydrogen-bond acceptors (Lipinski definition) is 2. The van der Waals surface area contributed by atoms with Crippen molar-refractivity contribution in [1.29, 1.82) is 0 Å². The second-order valence-corrected chi connectivity index (χ2v) is 4.50. The van der Waals surface area contributed by atoms with Crippen molar-refractivity contribution in [2.45, 2.75) is 39.2 Å². The maximum Gasteiger partial charge on any atom is 0.0601 e. The fraction of sp³-hybridized carbons (Fsp3) is 0.583. The largest absolute Gasteiger partial charge is 0.310 e. The Morgan fingerprint density at radius 3 is 2.50 bits per heavy atom. The highest BCUT2D eigenvalue weighted by Crippen LogP contribution is 2.21. The van der Waals surface area contributed by atoms with Gasteiger partial charge in [0.05, 0.1) is 11.2 Å². The highest BCUT2D eigenvalue weighted by molar-refractivity contribution is 5.23. The van der Waals surface area contributed by atoms with Crippen molar-refractivity contribution in [3.63, 3.8) is 0 Å². The Hall–Kier alpha value is -0.890. The number of rotatable bonds is 3. The molecule has 0 radical (unpaired) electrons. The first kappa shape index (κ1) is 11.2. The summed E-state index contributed by atoms with van der Waals surface area (Å²) in [6.45, 7) is 8.68. The van der Waals surface area contributed by atoms with Crippen LogP contribution in [0.5, 0.6) is 0 Å². The molecular formula is C12H20N2. The van der Waals surface area contributed by atoms with Gasteiger partial charge in [0.25, 0.3) is 0 Å². The van der Waals surface area contributed by atoms with Crippen molar-refractivity contribution < 1.29 is 0 Å². The molecule has 2 nitrogen and oxygen atoms in total. The third-order valence-corrected chi connectivity index (χ3v) is 2.72. The lowest BCUT2D eigenvalue weighted by Gasteiger charge is -2.24. The first-order valence-electron chi connectivity index (χ1n) is 5.12. The topological polar surface area (TPSA) is 24.9 Å². The molecule has 1 N–H and O–H groups in total. The van der Waals surface area contributed by atoms with Crippen molar-refractivity contribution >= 4 is 0 Å². The summed E-state index contributed by atoms with van der Waals surface area (Å²) in [5.41, 5.74) is 2.40. The highest BCUT2D eigenvalue weighted by Gasteiger charge is 2.19. The van der Waals surface area contributed by atoms with Gasteiger partial charge in [-0.3, -0.25) is 4.98 Å². The van der Waals surface area contributed by atoms with Gasteiger partial charge in [-0.05, 0) is 44.5 Å². The Morgan fingerprint density at radius 2 is 2.00 bits per heavy atom. The molecule has 2 heteroatoms. The van der Waals surface area contributed by atoms with Crippen LogP contribution in [0.3, 0.4) is 0 Å². The second kappa shape index (κ2) is 4.09. The molecule has 14 heavy (non-hydrogen) atoms. The van der Waals surface area contributed by atoms with Crippen LogP contribution < -0.4 is 5.32 Å². The number of pyridine rings is 1. The smallest absolute Gasteiger partial charge is 0.0601 e. The van der Waals surface area contributed by atoms with E-state index in [1.165, 1.54) is 5.56 Å². The minimum Gasteiger partial charge on any atom is -0.310 e. The van der Waals surface area contributed by atoms with Gasteiger partial charge in [-0.25, -0.2) is 0 Å². The summed E-state index contributed by atoms with van der Waals surface area (Å²) in [6.07, 6.45) is 1.89. The first-order valence-corrected chi connectivity index (χ1v) is 5.12. The third-order valence-electron chi connectivity index (χ3n) is 2.72. The van der Waals surface area contributed by atoms with Gasteiger partial charge >= 0.3 is 0 Å². The maximum atomic E-state index is 4.40. The van der Waals surface area contributed by atoms with Crippen LogP contribution in [0.25, 0.3) is 0 Å². The van der Waals surface area contributed by atoms with E-state index >= 15 is 0 Å². The zero-order chi connectivity index (χ0) is 10.8. The van der Waals surface area contributed by atoms with Crippen LogP contribution in [0.15, 0.2) is 18.3 Å². The molecule has 1 aromatic heterocycles. The fourth-order valence-electron chi connectivity index (χ4n) is 1.28. The van der Waals surface area contributed by atoms with Crippen LogP contribution in [0.1, 0.15) is 44.9 Å². The van der Waals surface area contributed by atoms with Crippen LogP contribution in [0.2, 0.25) is 0 Å². The average molecular weight is 192 g/mol. The SMILES string of the molecule is CNC(C)(C)c1cc(C(C)C)ccn1. The van der Waals surface area contributed by atoms with E-state index in [1.807, 2.05) is 13.2 Å². The molecule has 1 aromatic rings. The van der Waals surface area contributed by atoms with Crippen LogP contribution in [-0.2, 0) is 5.54 Å². The molecule has 0 aliphatic rings. The molecule has 0 aliphatic carbocycles. The lowest BCUT2D eigenvalue weighted by molar-refractivity contribution is 0.430. The van der Waals surface area contributed by atoms with Crippen LogP contribution in [0.4, 0.5) is 0 Å². The molecule has 0 aromatic carbocycles. The summed E-state index contributed by atoms with van der Waals surface area (Å²) in [7, 11) is 1.96. The Bertz CT molecular complexity index is 303. The molecule has 0 amide bonds. The van der Waals surface area contributed by atoms with E-state index in [4.69, 9.17) is 0 Å². The Balaban J connectivity index is 3.05. The molecule has 1 heterocycles. The van der Waals surface area contributed by atoms with Crippen molar-refractivity contribution in [3.05, 3.63) is 29.6 Å². The Kier molecular flexibility index (Phi) is 3.27. The van der Waals surface area contributed by atoms with Gasteiger partial charge in [-0.1, -0.05) is 13.8 Å². The van der Waals surface area contributed by atoms with Gasteiger partial charge in [0.1, 0.15) is 0 Å². The average Bonchev–Trinajstić information content (AvgIpc) is 2.18. The molecule has 0 saturated heterocycles. The molecule has 0 saturated carbocycles. The van der Waals surface area contributed by atoms with Crippen molar-refractivity contribution in [2.24, 2.45) is 0 Å². The molecule has 78 valence electrons. The molecule has 0 atom stereocenters. The molecule has 1 rings (SSSR count).